The minimum absolute atomic E-state index is 0.183. The summed E-state index contributed by atoms with van der Waals surface area (Å²) in [4.78, 5) is 37.2. The smallest absolute Gasteiger partial charge is 0.337 e. The SMILES string of the molecule is COC(=O)c1ccc(NC(=O)c2ccc(CN3CCCC3=O)cc2)cc1. The van der Waals surface area contributed by atoms with Crippen molar-refractivity contribution in [1.29, 1.82) is 0 Å². The van der Waals surface area contributed by atoms with Crippen LogP contribution in [0.5, 0.6) is 0 Å². The highest BCUT2D eigenvalue weighted by atomic mass is 16.5. The molecule has 0 atom stereocenters. The molecular weight excluding hydrogens is 332 g/mol. The van der Waals surface area contributed by atoms with Gasteiger partial charge in [-0.3, -0.25) is 9.59 Å². The molecule has 0 saturated carbocycles. The molecule has 0 aromatic heterocycles. The first-order valence-corrected chi connectivity index (χ1v) is 8.43. The summed E-state index contributed by atoms with van der Waals surface area (Å²) in [5, 5.41) is 2.79. The molecule has 26 heavy (non-hydrogen) atoms. The molecule has 1 heterocycles. The predicted molar refractivity (Wildman–Crippen MR) is 96.8 cm³/mol. The summed E-state index contributed by atoms with van der Waals surface area (Å²) >= 11 is 0. The van der Waals surface area contributed by atoms with E-state index in [2.05, 4.69) is 10.1 Å². The second-order valence-electron chi connectivity index (χ2n) is 6.14. The Kier molecular flexibility index (Phi) is 5.31. The highest BCUT2D eigenvalue weighted by Crippen LogP contribution is 2.16. The highest BCUT2D eigenvalue weighted by Gasteiger charge is 2.20. The Morgan fingerprint density at radius 3 is 2.27 bits per heavy atom. The number of carbonyl (C=O) groups is 3. The fourth-order valence-electron chi connectivity index (χ4n) is 2.86. The lowest BCUT2D eigenvalue weighted by atomic mass is 10.1. The van der Waals surface area contributed by atoms with Crippen LogP contribution in [-0.4, -0.2) is 36.3 Å². The Morgan fingerprint density at radius 2 is 1.69 bits per heavy atom. The Morgan fingerprint density at radius 1 is 1.04 bits per heavy atom. The van der Waals surface area contributed by atoms with E-state index in [1.54, 1.807) is 36.4 Å². The van der Waals surface area contributed by atoms with Gasteiger partial charge in [0, 0.05) is 30.8 Å². The minimum atomic E-state index is -0.421. The average molecular weight is 352 g/mol. The van der Waals surface area contributed by atoms with Crippen LogP contribution in [0.1, 0.15) is 39.1 Å². The predicted octanol–water partition coefficient (Wildman–Crippen LogP) is 2.85. The van der Waals surface area contributed by atoms with Crippen LogP contribution in [0.3, 0.4) is 0 Å². The Bertz CT molecular complexity index is 813. The highest BCUT2D eigenvalue weighted by molar-refractivity contribution is 6.04. The van der Waals surface area contributed by atoms with Gasteiger partial charge in [0.2, 0.25) is 5.91 Å². The van der Waals surface area contributed by atoms with E-state index in [1.165, 1.54) is 7.11 Å². The number of anilines is 1. The van der Waals surface area contributed by atoms with Gasteiger partial charge >= 0.3 is 5.97 Å². The van der Waals surface area contributed by atoms with E-state index in [4.69, 9.17) is 0 Å². The van der Waals surface area contributed by atoms with E-state index in [0.29, 0.717) is 29.8 Å². The van der Waals surface area contributed by atoms with E-state index in [0.717, 1.165) is 18.5 Å². The molecule has 0 radical (unpaired) electrons. The van der Waals surface area contributed by atoms with E-state index in [1.807, 2.05) is 17.0 Å². The molecule has 0 bridgehead atoms. The summed E-state index contributed by atoms with van der Waals surface area (Å²) in [6, 6.07) is 13.7. The van der Waals surface area contributed by atoms with E-state index in [-0.39, 0.29) is 11.8 Å². The Labute approximate surface area is 151 Å². The molecule has 0 spiro atoms. The maximum atomic E-state index is 12.3. The van der Waals surface area contributed by atoms with Gasteiger partial charge in [-0.05, 0) is 48.4 Å². The van der Waals surface area contributed by atoms with E-state index >= 15 is 0 Å². The van der Waals surface area contributed by atoms with Gasteiger partial charge in [-0.15, -0.1) is 0 Å². The summed E-state index contributed by atoms with van der Waals surface area (Å²) in [5.74, 6) is -0.475. The maximum Gasteiger partial charge on any atom is 0.337 e. The van der Waals surface area contributed by atoms with Gasteiger partial charge in [-0.1, -0.05) is 12.1 Å². The number of amides is 2. The van der Waals surface area contributed by atoms with Crippen molar-refractivity contribution < 1.29 is 19.1 Å². The number of ether oxygens (including phenoxy) is 1. The summed E-state index contributed by atoms with van der Waals surface area (Å²) in [7, 11) is 1.32. The van der Waals surface area contributed by atoms with Crippen LogP contribution >= 0.6 is 0 Å². The van der Waals surface area contributed by atoms with Crippen LogP contribution in [0, 0.1) is 0 Å². The number of esters is 1. The molecule has 1 saturated heterocycles. The quantitative estimate of drug-likeness (QED) is 0.840. The van der Waals surface area contributed by atoms with E-state index in [9.17, 15) is 14.4 Å². The largest absolute Gasteiger partial charge is 0.465 e. The van der Waals surface area contributed by atoms with Crippen molar-refractivity contribution in [3.05, 3.63) is 65.2 Å². The normalized spacial score (nSPS) is 13.6. The van der Waals surface area contributed by atoms with Crippen molar-refractivity contribution in [2.75, 3.05) is 19.0 Å². The number of hydrogen-bond acceptors (Lipinski definition) is 4. The van der Waals surface area contributed by atoms with Gasteiger partial charge < -0.3 is 15.0 Å². The zero-order valence-corrected chi connectivity index (χ0v) is 14.5. The fraction of sp³-hybridized carbons (Fsp3) is 0.250. The van der Waals surface area contributed by atoms with Gasteiger partial charge in [-0.2, -0.15) is 0 Å². The van der Waals surface area contributed by atoms with Crippen LogP contribution in [0.4, 0.5) is 5.69 Å². The Balaban J connectivity index is 1.61. The van der Waals surface area contributed by atoms with Crippen LogP contribution in [-0.2, 0) is 16.1 Å². The lowest BCUT2D eigenvalue weighted by Gasteiger charge is -2.15. The molecule has 2 aromatic rings. The molecule has 1 aliphatic rings. The molecule has 2 amide bonds. The van der Waals surface area contributed by atoms with Gasteiger partial charge in [0.25, 0.3) is 5.91 Å². The number of rotatable bonds is 5. The van der Waals surface area contributed by atoms with Gasteiger partial charge in [-0.25, -0.2) is 4.79 Å². The van der Waals surface area contributed by atoms with Crippen LogP contribution in [0.2, 0.25) is 0 Å². The molecule has 0 unspecified atom stereocenters. The number of hydrogen-bond donors (Lipinski definition) is 1. The molecule has 134 valence electrons. The first-order valence-electron chi connectivity index (χ1n) is 8.43. The zero-order valence-electron chi connectivity index (χ0n) is 14.5. The summed E-state index contributed by atoms with van der Waals surface area (Å²) in [6.45, 7) is 1.37. The first-order chi connectivity index (χ1) is 12.6. The lowest BCUT2D eigenvalue weighted by molar-refractivity contribution is -0.128. The Hall–Kier alpha value is -3.15. The van der Waals surface area contributed by atoms with Gasteiger partial charge in [0.05, 0.1) is 12.7 Å². The number of benzene rings is 2. The summed E-state index contributed by atoms with van der Waals surface area (Å²) in [6.07, 6.45) is 1.53. The molecule has 3 rings (SSSR count). The van der Waals surface area contributed by atoms with Crippen molar-refractivity contribution in [1.82, 2.24) is 4.90 Å². The maximum absolute atomic E-state index is 12.3. The van der Waals surface area contributed by atoms with Crippen molar-refractivity contribution in [2.24, 2.45) is 0 Å². The third-order valence-electron chi connectivity index (χ3n) is 4.32. The third-order valence-corrected chi connectivity index (χ3v) is 4.32. The molecule has 1 N–H and O–H groups in total. The van der Waals surface area contributed by atoms with Gasteiger partial charge in [0.1, 0.15) is 0 Å². The standard InChI is InChI=1S/C20H20N2O4/c1-26-20(25)16-8-10-17(11-9-16)21-19(24)15-6-4-14(5-7-15)13-22-12-2-3-18(22)23/h4-11H,2-3,12-13H2,1H3,(H,21,24). The lowest BCUT2D eigenvalue weighted by Crippen LogP contribution is -2.23. The molecule has 1 aliphatic heterocycles. The number of nitrogens with one attached hydrogen (secondary N) is 1. The average Bonchev–Trinajstić information content (AvgIpc) is 3.07. The molecule has 2 aromatic carbocycles. The second kappa shape index (κ2) is 7.82. The third kappa shape index (κ3) is 4.08. The fourth-order valence-corrected chi connectivity index (χ4v) is 2.86. The molecule has 0 aliphatic carbocycles. The first kappa shape index (κ1) is 17.7. The van der Waals surface area contributed by atoms with Crippen molar-refractivity contribution in [2.45, 2.75) is 19.4 Å². The molecular formula is C20H20N2O4. The monoisotopic (exact) mass is 352 g/mol. The number of likely N-dealkylation sites (tertiary alicyclic amines) is 1. The van der Waals surface area contributed by atoms with Crippen molar-refractivity contribution in [3.63, 3.8) is 0 Å². The topological polar surface area (TPSA) is 75.7 Å². The van der Waals surface area contributed by atoms with Crippen LogP contribution in [0.25, 0.3) is 0 Å². The minimum Gasteiger partial charge on any atom is -0.465 e. The molecule has 6 nitrogen and oxygen atoms in total. The second-order valence-corrected chi connectivity index (χ2v) is 6.14. The molecule has 1 fully saturated rings. The number of carbonyl (C=O) groups excluding carboxylic acids is 3. The van der Waals surface area contributed by atoms with Gasteiger partial charge in [0.15, 0.2) is 0 Å². The van der Waals surface area contributed by atoms with Crippen LogP contribution in [0.15, 0.2) is 48.5 Å². The van der Waals surface area contributed by atoms with Crippen molar-refractivity contribution >= 4 is 23.5 Å². The van der Waals surface area contributed by atoms with Crippen LogP contribution < -0.4 is 5.32 Å². The summed E-state index contributed by atoms with van der Waals surface area (Å²) in [5.41, 5.74) is 2.54. The number of methoxy groups -OCH3 is 1. The number of nitrogens with zero attached hydrogens (tertiary/aromatic N) is 1. The van der Waals surface area contributed by atoms with Crippen molar-refractivity contribution in [3.8, 4) is 0 Å². The van der Waals surface area contributed by atoms with E-state index < -0.39 is 5.97 Å². The zero-order chi connectivity index (χ0) is 18.5. The molecule has 6 heteroatoms. The summed E-state index contributed by atoms with van der Waals surface area (Å²) < 4.78 is 4.64.